The Labute approximate surface area is 95.0 Å². The van der Waals surface area contributed by atoms with Crippen LogP contribution in [-0.2, 0) is 16.5 Å². The highest BCUT2D eigenvalue weighted by Crippen LogP contribution is 2.19. The normalized spacial score (nSPS) is 13.4. The van der Waals surface area contributed by atoms with Gasteiger partial charge in [-0.2, -0.15) is 8.42 Å². The number of aliphatic hydroxyl groups excluding tert-OH is 1. The lowest BCUT2D eigenvalue weighted by molar-refractivity contribution is 0.223. The molecule has 0 radical (unpaired) electrons. The molecule has 0 fully saturated rings. The first-order valence-electron chi connectivity index (χ1n) is 4.72. The second-order valence-electron chi connectivity index (χ2n) is 3.59. The minimum Gasteiger partial charge on any atom is -0.389 e. The highest BCUT2D eigenvalue weighted by atomic mass is 32.2. The quantitative estimate of drug-likeness (QED) is 0.617. The molecule has 0 saturated heterocycles. The number of aliphatic hydroxyl groups is 1. The molecule has 88 valence electrons. The summed E-state index contributed by atoms with van der Waals surface area (Å²) in [7, 11) is -4.25. The summed E-state index contributed by atoms with van der Waals surface area (Å²) in [6.45, 7) is 5.21. The van der Waals surface area contributed by atoms with E-state index < -0.39 is 16.2 Å². The molecule has 1 rings (SSSR count). The van der Waals surface area contributed by atoms with E-state index in [0.717, 1.165) is 5.56 Å². The number of hydrogen-bond acceptors (Lipinski definition) is 3. The highest BCUT2D eigenvalue weighted by Gasteiger charge is 2.16. The largest absolute Gasteiger partial charge is 0.389 e. The first-order valence-corrected chi connectivity index (χ1v) is 6.16. The van der Waals surface area contributed by atoms with Gasteiger partial charge in [-0.15, -0.1) is 6.58 Å². The van der Waals surface area contributed by atoms with E-state index in [4.69, 9.17) is 4.55 Å². The van der Waals surface area contributed by atoms with Crippen molar-refractivity contribution < 1.29 is 18.1 Å². The molecular formula is C11H14O4S. The van der Waals surface area contributed by atoms with Gasteiger partial charge in [0.2, 0.25) is 0 Å². The van der Waals surface area contributed by atoms with Crippen LogP contribution >= 0.6 is 0 Å². The molecule has 2 N–H and O–H groups in total. The second-order valence-corrected chi connectivity index (χ2v) is 4.98. The lowest BCUT2D eigenvalue weighted by Crippen LogP contribution is -2.11. The molecule has 5 heteroatoms. The van der Waals surface area contributed by atoms with Gasteiger partial charge in [0.25, 0.3) is 10.1 Å². The van der Waals surface area contributed by atoms with Crippen molar-refractivity contribution in [3.8, 4) is 0 Å². The van der Waals surface area contributed by atoms with Crippen LogP contribution in [0.2, 0.25) is 0 Å². The van der Waals surface area contributed by atoms with Crippen molar-refractivity contribution in [2.24, 2.45) is 0 Å². The summed E-state index contributed by atoms with van der Waals surface area (Å²) in [6.07, 6.45) is 0.596. The van der Waals surface area contributed by atoms with E-state index in [-0.39, 0.29) is 11.3 Å². The van der Waals surface area contributed by atoms with E-state index in [1.54, 1.807) is 19.1 Å². The van der Waals surface area contributed by atoms with Crippen molar-refractivity contribution in [3.05, 3.63) is 42.0 Å². The zero-order valence-electron chi connectivity index (χ0n) is 8.92. The van der Waals surface area contributed by atoms with Crippen LogP contribution in [-0.4, -0.2) is 24.2 Å². The zero-order chi connectivity index (χ0) is 12.3. The van der Waals surface area contributed by atoms with E-state index in [9.17, 15) is 13.5 Å². The van der Waals surface area contributed by atoms with Crippen molar-refractivity contribution in [2.75, 3.05) is 0 Å². The molecule has 0 spiro atoms. The molecule has 0 heterocycles. The zero-order valence-corrected chi connectivity index (χ0v) is 9.74. The summed E-state index contributed by atoms with van der Waals surface area (Å²) in [5.41, 5.74) is 1.24. The Morgan fingerprint density at radius 3 is 2.62 bits per heavy atom. The molecule has 4 nitrogen and oxygen atoms in total. The van der Waals surface area contributed by atoms with Gasteiger partial charge >= 0.3 is 0 Å². The van der Waals surface area contributed by atoms with Gasteiger partial charge in [0, 0.05) is 6.42 Å². The van der Waals surface area contributed by atoms with Gasteiger partial charge in [-0.05, 0) is 18.6 Å². The van der Waals surface area contributed by atoms with Gasteiger partial charge in [-0.1, -0.05) is 23.8 Å². The Hall–Kier alpha value is -1.17. The first kappa shape index (κ1) is 12.9. The predicted molar refractivity (Wildman–Crippen MR) is 60.9 cm³/mol. The summed E-state index contributed by atoms with van der Waals surface area (Å²) in [5.74, 6) is 0. The van der Waals surface area contributed by atoms with Crippen molar-refractivity contribution in [3.63, 3.8) is 0 Å². The van der Waals surface area contributed by atoms with Gasteiger partial charge in [-0.25, -0.2) is 0 Å². The Kier molecular flexibility index (Phi) is 3.85. The van der Waals surface area contributed by atoms with Gasteiger partial charge in [0.15, 0.2) is 0 Å². The van der Waals surface area contributed by atoms with E-state index >= 15 is 0 Å². The third-order valence-corrected chi connectivity index (χ3v) is 3.15. The molecule has 0 aliphatic carbocycles. The van der Waals surface area contributed by atoms with Gasteiger partial charge in [0.1, 0.15) is 0 Å². The fraction of sp³-hybridized carbons (Fsp3) is 0.273. The Bertz CT molecular complexity index is 491. The lowest BCUT2D eigenvalue weighted by Gasteiger charge is -2.10. The summed E-state index contributed by atoms with van der Waals surface area (Å²) in [5, 5.41) is 9.40. The number of aryl methyl sites for hydroxylation is 1. The fourth-order valence-electron chi connectivity index (χ4n) is 1.43. The van der Waals surface area contributed by atoms with Crippen molar-refractivity contribution in [2.45, 2.75) is 24.3 Å². The molecule has 1 aromatic carbocycles. The molecule has 16 heavy (non-hydrogen) atoms. The molecular weight excluding hydrogens is 228 g/mol. The minimum absolute atomic E-state index is 0.111. The number of hydrogen-bond donors (Lipinski definition) is 2. The number of benzene rings is 1. The SMILES string of the molecule is C=CC(O)Cc1cc(C)ccc1S(=O)(=O)O. The Balaban J connectivity index is 3.24. The molecule has 0 aliphatic rings. The standard InChI is InChI=1S/C11H14O4S/c1-3-10(12)7-9-6-8(2)4-5-11(9)16(13,14)15/h3-6,10,12H,1,7H2,2H3,(H,13,14,15). The lowest BCUT2D eigenvalue weighted by atomic mass is 10.1. The monoisotopic (exact) mass is 242 g/mol. The maximum Gasteiger partial charge on any atom is 0.294 e. The van der Waals surface area contributed by atoms with Crippen LogP contribution in [0.1, 0.15) is 11.1 Å². The van der Waals surface area contributed by atoms with E-state index in [1.165, 1.54) is 12.1 Å². The molecule has 1 unspecified atom stereocenters. The maximum atomic E-state index is 11.1. The molecule has 0 aromatic heterocycles. The summed E-state index contributed by atoms with van der Waals surface area (Å²) < 4.78 is 31.2. The molecule has 0 amide bonds. The van der Waals surface area contributed by atoms with Crippen molar-refractivity contribution in [1.82, 2.24) is 0 Å². The summed E-state index contributed by atoms with van der Waals surface area (Å²) >= 11 is 0. The molecule has 0 saturated carbocycles. The fourth-order valence-corrected chi connectivity index (χ4v) is 2.14. The average molecular weight is 242 g/mol. The maximum absolute atomic E-state index is 11.1. The van der Waals surface area contributed by atoms with Crippen LogP contribution in [0.5, 0.6) is 0 Å². The third-order valence-electron chi connectivity index (χ3n) is 2.20. The van der Waals surface area contributed by atoms with Gasteiger partial charge in [0.05, 0.1) is 11.0 Å². The Morgan fingerprint density at radius 2 is 2.12 bits per heavy atom. The van der Waals surface area contributed by atoms with Crippen LogP contribution in [0.25, 0.3) is 0 Å². The van der Waals surface area contributed by atoms with E-state index in [1.807, 2.05) is 0 Å². The summed E-state index contributed by atoms with van der Waals surface area (Å²) in [4.78, 5) is -0.168. The molecule has 1 aromatic rings. The van der Waals surface area contributed by atoms with Crippen LogP contribution < -0.4 is 0 Å². The average Bonchev–Trinajstić information content (AvgIpc) is 2.15. The second kappa shape index (κ2) is 4.78. The van der Waals surface area contributed by atoms with Gasteiger partial charge in [-0.3, -0.25) is 4.55 Å². The first-order chi connectivity index (χ1) is 7.34. The topological polar surface area (TPSA) is 74.6 Å². The number of rotatable bonds is 4. The van der Waals surface area contributed by atoms with Crippen LogP contribution in [0, 0.1) is 6.92 Å². The van der Waals surface area contributed by atoms with Crippen LogP contribution in [0.3, 0.4) is 0 Å². The molecule has 0 aliphatic heterocycles. The van der Waals surface area contributed by atoms with Crippen LogP contribution in [0.4, 0.5) is 0 Å². The molecule has 0 bridgehead atoms. The van der Waals surface area contributed by atoms with E-state index in [0.29, 0.717) is 5.56 Å². The predicted octanol–water partition coefficient (Wildman–Crippen LogP) is 1.33. The highest BCUT2D eigenvalue weighted by molar-refractivity contribution is 7.85. The van der Waals surface area contributed by atoms with Gasteiger partial charge < -0.3 is 5.11 Å². The van der Waals surface area contributed by atoms with E-state index in [2.05, 4.69) is 6.58 Å². The van der Waals surface area contributed by atoms with Crippen LogP contribution in [0.15, 0.2) is 35.7 Å². The minimum atomic E-state index is -4.25. The Morgan fingerprint density at radius 1 is 1.50 bits per heavy atom. The van der Waals surface area contributed by atoms with Crippen molar-refractivity contribution >= 4 is 10.1 Å². The third kappa shape index (κ3) is 3.16. The molecule has 1 atom stereocenters. The summed E-state index contributed by atoms with van der Waals surface area (Å²) in [6, 6.07) is 4.54. The smallest absolute Gasteiger partial charge is 0.294 e. The van der Waals surface area contributed by atoms with Crippen molar-refractivity contribution in [1.29, 1.82) is 0 Å².